The molecule has 12 heteroatoms. The standard InChI is InChI=1S/C43H45N3O9/c47-17-16-44-39(48)29-7-3-4-28(18-29)23-45-41(50)43-22-34-35-36(54-42(53-35)20-30-5-1-2-6-31(30)21-42)38(43)55-46(37(43)40(49)52-34)24-27-12-9-25(10-13-27)8-11-26-14-15-32-33(19-26)51-32/h1-13,18,26,32-38,47H,14-17,19-24H2,(H,44,48)(H,45,50)/t26?,32?,33?,34-,35+,36+,37+,38-,43+/m1/s1. The van der Waals surface area contributed by atoms with Gasteiger partial charge in [0.2, 0.25) is 5.91 Å². The zero-order chi connectivity index (χ0) is 37.3. The van der Waals surface area contributed by atoms with Crippen LogP contribution >= 0.6 is 0 Å². The second-order valence-electron chi connectivity index (χ2n) is 16.2. The van der Waals surface area contributed by atoms with Crippen LogP contribution in [0.3, 0.4) is 0 Å². The van der Waals surface area contributed by atoms with Crippen LogP contribution in [0, 0.1) is 11.3 Å². The Kier molecular flexibility index (Phi) is 8.69. The molecule has 4 saturated heterocycles. The third-order valence-corrected chi connectivity index (χ3v) is 12.7. The highest BCUT2D eigenvalue weighted by Gasteiger charge is 2.76. The van der Waals surface area contributed by atoms with Crippen molar-refractivity contribution in [2.45, 2.75) is 100 Å². The van der Waals surface area contributed by atoms with Crippen LogP contribution in [-0.2, 0) is 59.3 Å². The predicted octanol–water partition coefficient (Wildman–Crippen LogP) is 3.38. The molecule has 1 spiro atoms. The summed E-state index contributed by atoms with van der Waals surface area (Å²) in [5.74, 6) is -1.61. The lowest BCUT2D eigenvalue weighted by molar-refractivity contribution is -0.217. The SMILES string of the molecule is O=C(NCCO)c1cccc(CNC(=O)[C@@]23C[C@H]4OC(=O)[C@@H]2N(Cc2ccc(C=CC5CCC6OC6C5)cc2)O[C@@H]3[C@H]2OC3(Cc5ccccc5C3)O[C@H]24)c1. The zero-order valence-corrected chi connectivity index (χ0v) is 30.4. The second kappa shape index (κ2) is 13.6. The summed E-state index contributed by atoms with van der Waals surface area (Å²) in [5, 5.41) is 16.5. The van der Waals surface area contributed by atoms with Crippen LogP contribution in [0.5, 0.6) is 0 Å². The van der Waals surface area contributed by atoms with Crippen LogP contribution in [0.1, 0.15) is 63.9 Å². The van der Waals surface area contributed by atoms with Gasteiger partial charge < -0.3 is 34.7 Å². The van der Waals surface area contributed by atoms with Crippen molar-refractivity contribution in [2.24, 2.45) is 11.3 Å². The Labute approximate surface area is 319 Å². The van der Waals surface area contributed by atoms with Gasteiger partial charge in [-0.2, -0.15) is 5.06 Å². The van der Waals surface area contributed by atoms with Gasteiger partial charge in [0, 0.05) is 37.9 Å². The molecule has 3 aromatic rings. The summed E-state index contributed by atoms with van der Waals surface area (Å²) in [6.07, 6.45) is 7.25. The van der Waals surface area contributed by atoms with Gasteiger partial charge in [0.15, 0.2) is 11.8 Å². The Morgan fingerprint density at radius 1 is 0.891 bits per heavy atom. The Balaban J connectivity index is 0.918. The number of nitrogens with one attached hydrogen (secondary N) is 2. The lowest BCUT2D eigenvalue weighted by Gasteiger charge is -2.48. The number of hydrogen-bond acceptors (Lipinski definition) is 10. The molecule has 4 heterocycles. The van der Waals surface area contributed by atoms with Crippen molar-refractivity contribution >= 4 is 23.9 Å². The van der Waals surface area contributed by atoms with Crippen LogP contribution < -0.4 is 10.6 Å². The number of amides is 2. The van der Waals surface area contributed by atoms with Gasteiger partial charge in [-0.1, -0.05) is 72.8 Å². The second-order valence-corrected chi connectivity index (χ2v) is 16.2. The van der Waals surface area contributed by atoms with Crippen LogP contribution in [0.4, 0.5) is 0 Å². The molecular weight excluding hydrogens is 702 g/mol. The minimum absolute atomic E-state index is 0.121. The van der Waals surface area contributed by atoms with E-state index in [1.807, 2.05) is 30.3 Å². The van der Waals surface area contributed by atoms with Gasteiger partial charge in [-0.05, 0) is 65.1 Å². The van der Waals surface area contributed by atoms with E-state index in [0.29, 0.717) is 42.1 Å². The molecule has 10 rings (SSSR count). The molecule has 3 unspecified atom stereocenters. The number of esters is 1. The van der Waals surface area contributed by atoms with Crippen molar-refractivity contribution in [2.75, 3.05) is 13.2 Å². The number of nitrogens with zero attached hydrogens (tertiary/aromatic N) is 1. The number of aliphatic hydroxyl groups is 1. The summed E-state index contributed by atoms with van der Waals surface area (Å²) >= 11 is 0. The number of rotatable bonds is 10. The molecule has 2 saturated carbocycles. The molecule has 2 bridgehead atoms. The maximum absolute atomic E-state index is 14.8. The molecule has 6 fully saturated rings. The third kappa shape index (κ3) is 6.19. The fraction of sp³-hybridized carbons (Fsp3) is 0.465. The number of hydrogen-bond donors (Lipinski definition) is 3. The van der Waals surface area contributed by atoms with Gasteiger partial charge in [-0.15, -0.1) is 0 Å². The molecule has 4 aliphatic heterocycles. The Bertz CT molecular complexity index is 2010. The third-order valence-electron chi connectivity index (χ3n) is 12.7. The first kappa shape index (κ1) is 35.0. The molecule has 3 aliphatic carbocycles. The van der Waals surface area contributed by atoms with E-state index in [2.05, 4.69) is 47.1 Å². The molecule has 7 aliphatic rings. The Hall–Kier alpha value is -4.43. The van der Waals surface area contributed by atoms with E-state index in [1.165, 1.54) is 0 Å². The number of carbonyl (C=O) groups excluding carboxylic acids is 3. The smallest absolute Gasteiger partial charge is 0.327 e. The van der Waals surface area contributed by atoms with E-state index in [1.54, 1.807) is 23.3 Å². The van der Waals surface area contributed by atoms with E-state index >= 15 is 0 Å². The summed E-state index contributed by atoms with van der Waals surface area (Å²) in [6.45, 7) is 0.344. The summed E-state index contributed by atoms with van der Waals surface area (Å²) in [4.78, 5) is 48.3. The van der Waals surface area contributed by atoms with E-state index in [0.717, 1.165) is 41.5 Å². The van der Waals surface area contributed by atoms with Crippen LogP contribution in [-0.4, -0.2) is 89.6 Å². The molecular formula is C43H45N3O9. The normalized spacial score (nSPS) is 33.5. The largest absolute Gasteiger partial charge is 0.458 e. The first-order valence-electron chi connectivity index (χ1n) is 19.6. The number of allylic oxidation sites excluding steroid dienone is 1. The number of fused-ring (bicyclic) bond motifs is 6. The topological polar surface area (TPSA) is 148 Å². The van der Waals surface area contributed by atoms with Crippen molar-refractivity contribution in [3.63, 3.8) is 0 Å². The molecule has 0 radical (unpaired) electrons. The van der Waals surface area contributed by atoms with Crippen molar-refractivity contribution in [1.82, 2.24) is 15.7 Å². The highest BCUT2D eigenvalue weighted by atomic mass is 16.8. The minimum Gasteiger partial charge on any atom is -0.458 e. The maximum atomic E-state index is 14.8. The average molecular weight is 748 g/mol. The van der Waals surface area contributed by atoms with Gasteiger partial charge >= 0.3 is 5.97 Å². The van der Waals surface area contributed by atoms with Crippen molar-refractivity contribution in [1.29, 1.82) is 0 Å². The first-order valence-corrected chi connectivity index (χ1v) is 19.6. The van der Waals surface area contributed by atoms with Crippen LogP contribution in [0.2, 0.25) is 0 Å². The van der Waals surface area contributed by atoms with Crippen molar-refractivity contribution in [3.05, 3.63) is 112 Å². The summed E-state index contributed by atoms with van der Waals surface area (Å²) in [6, 6.07) is 22.3. The fourth-order valence-electron chi connectivity index (χ4n) is 9.97. The van der Waals surface area contributed by atoms with E-state index in [4.69, 9.17) is 28.9 Å². The number of benzene rings is 3. The van der Waals surface area contributed by atoms with E-state index < -0.39 is 47.6 Å². The van der Waals surface area contributed by atoms with E-state index in [-0.39, 0.29) is 44.5 Å². The Morgan fingerprint density at radius 2 is 1.69 bits per heavy atom. The number of carbonyl (C=O) groups is 3. The molecule has 2 amide bonds. The molecule has 9 atom stereocenters. The quantitative estimate of drug-likeness (QED) is 0.208. The van der Waals surface area contributed by atoms with Gasteiger partial charge in [0.1, 0.15) is 29.8 Å². The monoisotopic (exact) mass is 747 g/mol. The van der Waals surface area contributed by atoms with Gasteiger partial charge in [0.05, 0.1) is 25.4 Å². The number of ether oxygens (including phenoxy) is 4. The fourth-order valence-corrected chi connectivity index (χ4v) is 9.97. The van der Waals surface area contributed by atoms with Crippen LogP contribution in [0.15, 0.2) is 78.9 Å². The lowest BCUT2D eigenvalue weighted by Crippen LogP contribution is -2.69. The lowest BCUT2D eigenvalue weighted by atomic mass is 9.62. The van der Waals surface area contributed by atoms with Crippen LogP contribution in [0.25, 0.3) is 6.08 Å². The first-order chi connectivity index (χ1) is 26.8. The Morgan fingerprint density at radius 3 is 2.47 bits per heavy atom. The van der Waals surface area contributed by atoms with E-state index in [9.17, 15) is 14.4 Å². The van der Waals surface area contributed by atoms with Gasteiger partial charge in [-0.3, -0.25) is 19.2 Å². The molecule has 3 aromatic carbocycles. The highest BCUT2D eigenvalue weighted by molar-refractivity contribution is 5.95. The average Bonchev–Trinajstić information content (AvgIpc) is 3.55. The van der Waals surface area contributed by atoms with Crippen molar-refractivity contribution in [3.8, 4) is 0 Å². The minimum atomic E-state index is -1.33. The molecule has 0 aromatic heterocycles. The number of aliphatic hydroxyl groups excluding tert-OH is 1. The summed E-state index contributed by atoms with van der Waals surface area (Å²) in [7, 11) is 0. The molecule has 55 heavy (non-hydrogen) atoms. The molecule has 12 nitrogen and oxygen atoms in total. The van der Waals surface area contributed by atoms with Crippen molar-refractivity contribution < 1.29 is 43.3 Å². The molecule has 3 N–H and O–H groups in total. The number of epoxide rings is 1. The summed E-state index contributed by atoms with van der Waals surface area (Å²) < 4.78 is 25.5. The highest BCUT2D eigenvalue weighted by Crippen LogP contribution is 2.58. The number of hydroxylamine groups is 2. The molecule has 286 valence electrons. The van der Waals surface area contributed by atoms with Gasteiger partial charge in [-0.25, -0.2) is 0 Å². The maximum Gasteiger partial charge on any atom is 0.327 e. The predicted molar refractivity (Wildman–Crippen MR) is 197 cm³/mol. The van der Waals surface area contributed by atoms with Gasteiger partial charge in [0.25, 0.3) is 5.91 Å². The summed E-state index contributed by atoms with van der Waals surface area (Å²) in [5.41, 5.74) is 4.10. The zero-order valence-electron chi connectivity index (χ0n) is 30.4.